The molecule has 1 aromatic heterocycles. The van der Waals surface area contributed by atoms with Gasteiger partial charge in [0.2, 0.25) is 17.8 Å². The number of rotatable bonds is 3. The van der Waals surface area contributed by atoms with Crippen LogP contribution in [0.2, 0.25) is 0 Å². The summed E-state index contributed by atoms with van der Waals surface area (Å²) in [4.78, 5) is 21.6. The number of nitrogens with one attached hydrogen (secondary N) is 2. The summed E-state index contributed by atoms with van der Waals surface area (Å²) in [5, 5.41) is 0. The number of carbonyl (C=O) groups is 1. The molecule has 0 aliphatic carbocycles. The first-order valence-electron chi connectivity index (χ1n) is 3.57. The van der Waals surface area contributed by atoms with E-state index in [1.807, 2.05) is 0 Å². The number of carbonyl (C=O) groups excluding carboxylic acids is 1. The molecule has 0 radical (unpaired) electrons. The summed E-state index contributed by atoms with van der Waals surface area (Å²) in [6, 6.07) is 0. The standard InChI is InChI=1S/C6H9N7O/c1-2-3(14)12-13-6-10-4(7)9-5(8)11-6/h2H,1H2,(H,12,14)(H5,7,8,9,10,11,13). The molecule has 74 valence electrons. The lowest BCUT2D eigenvalue weighted by Crippen LogP contribution is -2.28. The molecule has 0 saturated carbocycles. The van der Waals surface area contributed by atoms with Crippen LogP contribution in [0.5, 0.6) is 0 Å². The molecule has 8 heteroatoms. The predicted molar refractivity (Wildman–Crippen MR) is 50.6 cm³/mol. The van der Waals surface area contributed by atoms with Gasteiger partial charge in [-0.1, -0.05) is 6.58 Å². The van der Waals surface area contributed by atoms with E-state index in [-0.39, 0.29) is 17.8 Å². The molecular weight excluding hydrogens is 186 g/mol. The van der Waals surface area contributed by atoms with Gasteiger partial charge in [0, 0.05) is 0 Å². The fourth-order valence-corrected chi connectivity index (χ4v) is 0.634. The third-order valence-corrected chi connectivity index (χ3v) is 1.15. The fourth-order valence-electron chi connectivity index (χ4n) is 0.634. The predicted octanol–water partition coefficient (Wildman–Crippen LogP) is -1.33. The lowest BCUT2D eigenvalue weighted by Gasteiger charge is -2.04. The number of amides is 1. The zero-order chi connectivity index (χ0) is 10.6. The van der Waals surface area contributed by atoms with Gasteiger partial charge < -0.3 is 11.5 Å². The van der Waals surface area contributed by atoms with Crippen molar-refractivity contribution in [3.8, 4) is 0 Å². The molecule has 0 unspecified atom stereocenters. The average molecular weight is 195 g/mol. The smallest absolute Gasteiger partial charge is 0.261 e. The second-order valence-corrected chi connectivity index (χ2v) is 2.19. The maximum absolute atomic E-state index is 10.7. The van der Waals surface area contributed by atoms with E-state index >= 15 is 0 Å². The molecule has 1 heterocycles. The van der Waals surface area contributed by atoms with Crippen molar-refractivity contribution in [2.24, 2.45) is 0 Å². The van der Waals surface area contributed by atoms with Gasteiger partial charge in [0.25, 0.3) is 5.91 Å². The highest BCUT2D eigenvalue weighted by molar-refractivity contribution is 5.87. The van der Waals surface area contributed by atoms with Crippen LogP contribution in [-0.4, -0.2) is 20.9 Å². The van der Waals surface area contributed by atoms with Gasteiger partial charge in [-0.3, -0.25) is 15.6 Å². The van der Waals surface area contributed by atoms with Crippen molar-refractivity contribution in [1.82, 2.24) is 20.4 Å². The SMILES string of the molecule is C=CC(=O)NNc1nc(N)nc(N)n1. The van der Waals surface area contributed by atoms with Crippen molar-refractivity contribution in [2.45, 2.75) is 0 Å². The molecule has 6 N–H and O–H groups in total. The number of nitrogens with zero attached hydrogens (tertiary/aromatic N) is 3. The summed E-state index contributed by atoms with van der Waals surface area (Å²) in [6.45, 7) is 3.25. The van der Waals surface area contributed by atoms with Gasteiger partial charge in [0.15, 0.2) is 0 Å². The van der Waals surface area contributed by atoms with E-state index in [1.54, 1.807) is 0 Å². The second kappa shape index (κ2) is 4.03. The molecule has 0 atom stereocenters. The monoisotopic (exact) mass is 195 g/mol. The zero-order valence-corrected chi connectivity index (χ0v) is 7.19. The van der Waals surface area contributed by atoms with Crippen LogP contribution in [0.3, 0.4) is 0 Å². The maximum Gasteiger partial charge on any atom is 0.261 e. The molecule has 0 aliphatic heterocycles. The highest BCUT2D eigenvalue weighted by atomic mass is 16.2. The third-order valence-electron chi connectivity index (χ3n) is 1.15. The van der Waals surface area contributed by atoms with Crippen molar-refractivity contribution in [3.63, 3.8) is 0 Å². The van der Waals surface area contributed by atoms with Gasteiger partial charge in [-0.2, -0.15) is 15.0 Å². The van der Waals surface area contributed by atoms with Crippen LogP contribution < -0.4 is 22.3 Å². The summed E-state index contributed by atoms with van der Waals surface area (Å²) in [6.07, 6.45) is 1.08. The van der Waals surface area contributed by atoms with Crippen LogP contribution in [0, 0.1) is 0 Å². The van der Waals surface area contributed by atoms with Crippen LogP contribution in [0.1, 0.15) is 0 Å². The molecule has 1 amide bonds. The Labute approximate surface area is 79.4 Å². The summed E-state index contributed by atoms with van der Waals surface area (Å²) in [5.41, 5.74) is 15.2. The Bertz CT molecular complexity index is 343. The third kappa shape index (κ3) is 2.59. The Hall–Kier alpha value is -2.38. The van der Waals surface area contributed by atoms with Crippen LogP contribution in [0.25, 0.3) is 0 Å². The van der Waals surface area contributed by atoms with Crippen LogP contribution in [0.15, 0.2) is 12.7 Å². The van der Waals surface area contributed by atoms with E-state index in [9.17, 15) is 4.79 Å². The Morgan fingerprint density at radius 3 is 2.36 bits per heavy atom. The molecular formula is C6H9N7O. The average Bonchev–Trinajstić information content (AvgIpc) is 2.12. The Morgan fingerprint density at radius 2 is 1.86 bits per heavy atom. The summed E-state index contributed by atoms with van der Waals surface area (Å²) in [7, 11) is 0. The van der Waals surface area contributed by atoms with Crippen LogP contribution in [0.4, 0.5) is 17.8 Å². The number of hydrazine groups is 1. The van der Waals surface area contributed by atoms with E-state index < -0.39 is 5.91 Å². The summed E-state index contributed by atoms with van der Waals surface area (Å²) >= 11 is 0. The first-order valence-corrected chi connectivity index (χ1v) is 3.57. The molecule has 0 bridgehead atoms. The number of aromatic nitrogens is 3. The van der Waals surface area contributed by atoms with Crippen molar-refractivity contribution >= 4 is 23.8 Å². The van der Waals surface area contributed by atoms with E-state index in [4.69, 9.17) is 11.5 Å². The first kappa shape index (κ1) is 9.71. The van der Waals surface area contributed by atoms with Gasteiger partial charge in [-0.25, -0.2) is 0 Å². The van der Waals surface area contributed by atoms with Gasteiger partial charge in [0.05, 0.1) is 0 Å². The molecule has 0 aromatic carbocycles. The zero-order valence-electron chi connectivity index (χ0n) is 7.19. The highest BCUT2D eigenvalue weighted by Gasteiger charge is 2.01. The topological polar surface area (TPSA) is 132 Å². The normalized spacial score (nSPS) is 9.14. The van der Waals surface area contributed by atoms with Crippen molar-refractivity contribution in [3.05, 3.63) is 12.7 Å². The van der Waals surface area contributed by atoms with Crippen molar-refractivity contribution in [2.75, 3.05) is 16.9 Å². The molecule has 0 spiro atoms. The molecule has 0 saturated heterocycles. The lowest BCUT2D eigenvalue weighted by molar-refractivity contribution is -0.116. The minimum absolute atomic E-state index is 0.0344. The minimum atomic E-state index is -0.428. The van der Waals surface area contributed by atoms with E-state index in [1.165, 1.54) is 0 Å². The molecule has 0 fully saturated rings. The van der Waals surface area contributed by atoms with Gasteiger partial charge in [-0.05, 0) is 6.08 Å². The highest BCUT2D eigenvalue weighted by Crippen LogP contribution is 2.01. The summed E-state index contributed by atoms with van der Waals surface area (Å²) < 4.78 is 0. The van der Waals surface area contributed by atoms with Gasteiger partial charge in [0.1, 0.15) is 0 Å². The molecule has 1 rings (SSSR count). The van der Waals surface area contributed by atoms with Gasteiger partial charge in [-0.15, -0.1) is 0 Å². The van der Waals surface area contributed by atoms with Crippen molar-refractivity contribution < 1.29 is 4.79 Å². The number of hydrogen-bond acceptors (Lipinski definition) is 7. The number of anilines is 3. The van der Waals surface area contributed by atoms with Crippen molar-refractivity contribution in [1.29, 1.82) is 0 Å². The number of nitrogen functional groups attached to an aromatic ring is 2. The number of nitrogens with two attached hydrogens (primary N) is 2. The number of hydrogen-bond donors (Lipinski definition) is 4. The van der Waals surface area contributed by atoms with Gasteiger partial charge >= 0.3 is 0 Å². The lowest BCUT2D eigenvalue weighted by atomic mass is 10.6. The largest absolute Gasteiger partial charge is 0.368 e. The maximum atomic E-state index is 10.7. The van der Waals surface area contributed by atoms with E-state index in [0.29, 0.717) is 0 Å². The Balaban J connectivity index is 2.67. The van der Waals surface area contributed by atoms with E-state index in [2.05, 4.69) is 32.4 Å². The van der Waals surface area contributed by atoms with Crippen LogP contribution in [-0.2, 0) is 4.79 Å². The fraction of sp³-hybridized carbons (Fsp3) is 0. The molecule has 8 nitrogen and oxygen atoms in total. The van der Waals surface area contributed by atoms with E-state index in [0.717, 1.165) is 6.08 Å². The Morgan fingerprint density at radius 1 is 1.29 bits per heavy atom. The first-order chi connectivity index (χ1) is 6.61. The molecule has 14 heavy (non-hydrogen) atoms. The second-order valence-electron chi connectivity index (χ2n) is 2.19. The molecule has 0 aliphatic rings. The van der Waals surface area contributed by atoms with Crippen LogP contribution >= 0.6 is 0 Å². The molecule has 1 aromatic rings. The Kier molecular flexibility index (Phi) is 2.79. The quantitative estimate of drug-likeness (QED) is 0.347. The summed E-state index contributed by atoms with van der Waals surface area (Å²) in [5.74, 6) is -0.437. The minimum Gasteiger partial charge on any atom is -0.368 e.